The van der Waals surface area contributed by atoms with Crippen LogP contribution < -0.4 is 63.9 Å². The van der Waals surface area contributed by atoms with Crippen molar-refractivity contribution in [3.05, 3.63) is 445 Å². The predicted octanol–water partition coefficient (Wildman–Crippen LogP) is 21.1. The van der Waals surface area contributed by atoms with Crippen molar-refractivity contribution in [1.82, 2.24) is 53.2 Å². The van der Waals surface area contributed by atoms with Crippen molar-refractivity contribution in [2.75, 3.05) is 26.6 Å². The molecule has 9 aromatic carbocycles. The largest absolute Gasteiger partial charge is 0.457 e. The van der Waals surface area contributed by atoms with E-state index in [1.807, 2.05) is 125 Å². The minimum Gasteiger partial charge on any atom is -0.457 e. The first kappa shape index (κ1) is 100. The summed E-state index contributed by atoms with van der Waals surface area (Å²) in [4.78, 5) is 128. The standard InChI is InChI=1S/C24H23N3O3.C22H19N3O3.C20H10F5N3O2.C20H15F4N3O2.C19H10F4N4O2/c1-15(2)18-14-21(30-17-9-5-4-6-10-17)16(3)13-19(18)25-23(28)22-20-11-7-8-12-27(20)26-24(22)29;1-14-13-19(28-16-8-4-3-5-9-16)15(2)12-17(14)23-21(26)20-18-10-6-7-11-25(18)24-22(20)27;21-10-5-3-4-9(8-10)12-14(22)16(24)18(17(25)15(12)23)26-19(29)13-11-6-1-2-7-28(11)27-20(13)30;21-14-12(10-6-2-1-3-7-10)15(22)17(24)18(16(14)23)25-19(28)13-11-8-4-5-9-27(11)26-20(13)29;20-13-11(9-4-3-6-24-8-9)14(21)16(23)17(15(13)22)25-18(28)12-10-5-1-2-7-27(10)26-19(12)29/h4-15H,1-3H3,(H,25,28)(H,26,29);3-13H,1-2H3,(H,23,26)(H,24,27);1-8H,(H,26,29)(H,27,30);1-3,6-7H,4-5,8-9H2,(H,25,28)(H,26,29);1-8H,(H,25,28)(H,26,29). The highest BCUT2D eigenvalue weighted by Crippen LogP contribution is 2.41. The van der Waals surface area contributed by atoms with Gasteiger partial charge in [0.2, 0.25) is 0 Å². The first-order valence-corrected chi connectivity index (χ1v) is 44.2. The van der Waals surface area contributed by atoms with Crippen molar-refractivity contribution in [2.45, 2.75) is 66.3 Å². The number of ether oxygens (including phenoxy) is 2. The molecule has 10 N–H and O–H groups in total. The number of amides is 5. The van der Waals surface area contributed by atoms with Crippen LogP contribution in [0.15, 0.2) is 286 Å². The van der Waals surface area contributed by atoms with Crippen molar-refractivity contribution >= 4 is 80.0 Å². The summed E-state index contributed by atoms with van der Waals surface area (Å²) < 4.78 is 207. The van der Waals surface area contributed by atoms with Crippen LogP contribution in [0.4, 0.5) is 85.5 Å². The SMILES string of the molecule is Cc1cc(NC(=O)c2c(=O)[nH]n3ccccc23)c(C(C)C)cc1Oc1ccccc1.Cc1cc(Oc2ccccc2)c(C)cc1NC(=O)c1c(=O)[nH]n2ccccc12.O=C(Nc1c(F)c(F)c(-c2cccc(F)c2)c(F)c1F)c1c(=O)[nH]n2ccccc12.O=C(Nc1c(F)c(F)c(-c2ccccc2)c(F)c1F)c1c2n([nH]c1=O)CCCC2.O=C(Nc1c(F)c(F)c(-c2cccnc2)c(F)c1F)c1c(=O)[nH]n2ccccc12. The first-order valence-electron chi connectivity index (χ1n) is 44.2. The van der Waals surface area contributed by atoms with Crippen molar-refractivity contribution in [3.8, 4) is 56.4 Å². The number of benzene rings is 9. The van der Waals surface area contributed by atoms with Crippen LogP contribution in [0.2, 0.25) is 0 Å². The number of H-pyrrole nitrogens is 5. The molecule has 0 atom stereocenters. The van der Waals surface area contributed by atoms with Crippen molar-refractivity contribution < 1.29 is 90.5 Å². The summed E-state index contributed by atoms with van der Waals surface area (Å²) in [5.74, 6) is -23.6. The lowest BCUT2D eigenvalue weighted by molar-refractivity contribution is 0.101. The van der Waals surface area contributed by atoms with E-state index in [1.165, 1.54) is 97.5 Å². The molecular weight excluding hydrogens is 1920 g/mol. The van der Waals surface area contributed by atoms with Crippen LogP contribution in [0.5, 0.6) is 23.0 Å². The molecule has 0 saturated carbocycles. The summed E-state index contributed by atoms with van der Waals surface area (Å²) in [5.41, 5.74) is -5.63. The number of aromatic amines is 5. The van der Waals surface area contributed by atoms with Gasteiger partial charge in [-0.3, -0.25) is 101 Å². The van der Waals surface area contributed by atoms with Crippen LogP contribution in [-0.4, -0.2) is 82.8 Å². The minimum atomic E-state index is -1.90. The number of hydrogen-bond donors (Lipinski definition) is 10. The Balaban J connectivity index is 0.000000131. The number of carbonyl (C=O) groups excluding carboxylic acids is 5. The number of halogens is 13. The Morgan fingerprint density at radius 1 is 0.336 bits per heavy atom. The molecule has 20 rings (SSSR count). The molecule has 10 aromatic heterocycles. The number of aryl methyl sites for hydroxylation is 4. The lowest BCUT2D eigenvalue weighted by Crippen LogP contribution is -2.23. The molecule has 41 heteroatoms. The molecule has 19 aromatic rings. The van der Waals surface area contributed by atoms with E-state index in [0.29, 0.717) is 52.9 Å². The zero-order valence-electron chi connectivity index (χ0n) is 76.7. The maximum absolute atomic E-state index is 14.5. The molecule has 1 aliphatic rings. The van der Waals surface area contributed by atoms with Crippen LogP contribution in [0.25, 0.3) is 55.4 Å². The van der Waals surface area contributed by atoms with Crippen molar-refractivity contribution in [2.24, 2.45) is 0 Å². The Morgan fingerprint density at radius 3 is 1.08 bits per heavy atom. The van der Waals surface area contributed by atoms with Gasteiger partial charge in [0.05, 0.1) is 44.5 Å². The molecule has 0 saturated heterocycles. The van der Waals surface area contributed by atoms with Crippen molar-refractivity contribution in [3.63, 3.8) is 0 Å². The summed E-state index contributed by atoms with van der Waals surface area (Å²) >= 11 is 0. The van der Waals surface area contributed by atoms with Gasteiger partial charge in [0.1, 0.15) is 73.7 Å². The highest BCUT2D eigenvalue weighted by atomic mass is 19.2. The minimum absolute atomic E-state index is 0.0591. The van der Waals surface area contributed by atoms with Gasteiger partial charge in [-0.1, -0.05) is 123 Å². The normalized spacial score (nSPS) is 11.4. The van der Waals surface area contributed by atoms with Crippen LogP contribution in [0.1, 0.15) is 112 Å². The van der Waals surface area contributed by atoms with Gasteiger partial charge in [-0.05, 0) is 195 Å². The predicted molar refractivity (Wildman–Crippen MR) is 517 cm³/mol. The van der Waals surface area contributed by atoms with E-state index in [9.17, 15) is 105 Å². The van der Waals surface area contributed by atoms with Gasteiger partial charge in [-0.15, -0.1) is 0 Å². The highest BCUT2D eigenvalue weighted by Gasteiger charge is 2.35. The number of nitrogens with one attached hydrogen (secondary N) is 10. The molecule has 0 spiro atoms. The molecule has 0 fully saturated rings. The zero-order chi connectivity index (χ0) is 104. The Labute approximate surface area is 814 Å². The van der Waals surface area contributed by atoms with E-state index in [2.05, 4.69) is 41.1 Å². The monoisotopic (exact) mass is 2000 g/mol. The fraction of sp³-hybridized carbons (Fsp3) is 0.0952. The Bertz CT molecular complexity index is 8590. The Hall–Kier alpha value is -18.9. The number of fused-ring (bicyclic) bond motifs is 5. The van der Waals surface area contributed by atoms with Crippen molar-refractivity contribution in [1.29, 1.82) is 0 Å². The molecule has 0 bridgehead atoms. The second-order valence-corrected chi connectivity index (χ2v) is 33.0. The lowest BCUT2D eigenvalue weighted by Gasteiger charge is -2.18. The number of rotatable bonds is 18. The summed E-state index contributed by atoms with van der Waals surface area (Å²) in [6, 6.07) is 59.7. The summed E-state index contributed by atoms with van der Waals surface area (Å²) in [6.45, 7) is 10.3. The van der Waals surface area contributed by atoms with Gasteiger partial charge in [0, 0.05) is 60.7 Å². The van der Waals surface area contributed by atoms with Gasteiger partial charge < -0.3 is 36.1 Å². The fourth-order valence-corrected chi connectivity index (χ4v) is 16.0. The molecule has 0 unspecified atom stereocenters. The molecule has 146 heavy (non-hydrogen) atoms. The summed E-state index contributed by atoms with van der Waals surface area (Å²) in [7, 11) is 0. The number of anilines is 5. The lowest BCUT2D eigenvalue weighted by atomic mass is 9.98. The molecule has 0 radical (unpaired) electrons. The topological polar surface area (TPSA) is 364 Å². The van der Waals surface area contributed by atoms with E-state index in [4.69, 9.17) is 9.47 Å². The second kappa shape index (κ2) is 42.7. The van der Waals surface area contributed by atoms with E-state index in [1.54, 1.807) is 82.1 Å². The third kappa shape index (κ3) is 20.6. The number of aromatic nitrogens is 11. The Morgan fingerprint density at radius 2 is 0.678 bits per heavy atom. The van der Waals surface area contributed by atoms with Crippen LogP contribution in [0, 0.1) is 96.4 Å². The maximum Gasteiger partial charge on any atom is 0.277 e. The average molecular weight is 2000 g/mol. The second-order valence-electron chi connectivity index (χ2n) is 33.0. The maximum atomic E-state index is 14.5. The van der Waals surface area contributed by atoms with Gasteiger partial charge in [0.15, 0.2) is 69.8 Å². The summed E-state index contributed by atoms with van der Waals surface area (Å²) in [5, 5.41) is 23.5. The molecule has 5 amide bonds. The zero-order valence-corrected chi connectivity index (χ0v) is 76.7. The molecule has 1 aliphatic heterocycles. The van der Waals surface area contributed by atoms with E-state index >= 15 is 0 Å². The van der Waals surface area contributed by atoms with Gasteiger partial charge >= 0.3 is 0 Å². The number of carbonyl (C=O) groups is 5. The smallest absolute Gasteiger partial charge is 0.277 e. The third-order valence-electron chi connectivity index (χ3n) is 23.1. The number of nitrogens with zero attached hydrogens (tertiary/aromatic N) is 6. The molecule has 0 aliphatic carbocycles. The summed E-state index contributed by atoms with van der Waals surface area (Å²) in [6.07, 6.45) is 10.6. The number of hydrogen-bond acceptors (Lipinski definition) is 13. The molecule has 740 valence electrons. The number of para-hydroxylation sites is 2. The highest BCUT2D eigenvalue weighted by molar-refractivity contribution is 6.12. The number of pyridine rings is 5. The molecule has 28 nitrogen and oxygen atoms in total. The quantitative estimate of drug-likeness (QED) is 0.0282. The Kier molecular flexibility index (Phi) is 29.3. The first-order chi connectivity index (χ1) is 70.0. The van der Waals surface area contributed by atoms with E-state index < -0.39 is 183 Å². The van der Waals surface area contributed by atoms with E-state index in [0.717, 1.165) is 76.7 Å². The van der Waals surface area contributed by atoms with Gasteiger partial charge in [-0.25, -0.2) is 57.1 Å². The molecule has 11 heterocycles. The van der Waals surface area contributed by atoms with Crippen LogP contribution in [-0.2, 0) is 13.0 Å². The third-order valence-corrected chi connectivity index (χ3v) is 23.1. The van der Waals surface area contributed by atoms with Crippen LogP contribution >= 0.6 is 0 Å². The van der Waals surface area contributed by atoms with Gasteiger partial charge in [0.25, 0.3) is 57.3 Å². The van der Waals surface area contributed by atoms with Crippen LogP contribution in [0.3, 0.4) is 0 Å². The van der Waals surface area contributed by atoms with Gasteiger partial charge in [-0.2, -0.15) is 0 Å². The van der Waals surface area contributed by atoms with E-state index in [-0.39, 0.29) is 44.8 Å². The molecular formula is C105H77F13N16O12. The average Bonchev–Trinajstić information content (AvgIpc) is 0.960. The fourth-order valence-electron chi connectivity index (χ4n) is 16.0.